The van der Waals surface area contributed by atoms with Crippen LogP contribution in [0.3, 0.4) is 0 Å². The van der Waals surface area contributed by atoms with Crippen LogP contribution in [0, 0.1) is 12.7 Å². The van der Waals surface area contributed by atoms with Crippen molar-refractivity contribution in [1.82, 2.24) is 10.2 Å². The van der Waals surface area contributed by atoms with Crippen LogP contribution in [-0.4, -0.2) is 50.0 Å². The number of benzene rings is 3. The minimum atomic E-state index is -4.14. The number of thioether (sulfide) groups is 1. The van der Waals surface area contributed by atoms with Crippen molar-refractivity contribution in [3.05, 3.63) is 89.7 Å². The van der Waals surface area contributed by atoms with Crippen molar-refractivity contribution in [3.63, 3.8) is 0 Å². The Hall–Kier alpha value is -3.37. The van der Waals surface area contributed by atoms with Crippen LogP contribution in [0.5, 0.6) is 0 Å². The number of nitrogens with zero attached hydrogens (tertiary/aromatic N) is 2. The number of anilines is 1. The number of amides is 2. The van der Waals surface area contributed by atoms with Crippen LogP contribution in [-0.2, 0) is 26.2 Å². The van der Waals surface area contributed by atoms with Crippen LogP contribution >= 0.6 is 11.8 Å². The fraction of sp³-hybridized carbons (Fsp3) is 0.375. The zero-order valence-corrected chi connectivity index (χ0v) is 25.9. The summed E-state index contributed by atoms with van der Waals surface area (Å²) in [4.78, 5) is 29.8. The molecule has 42 heavy (non-hydrogen) atoms. The summed E-state index contributed by atoms with van der Waals surface area (Å²) in [5, 5.41) is 3.08. The molecule has 3 aromatic carbocycles. The summed E-state index contributed by atoms with van der Waals surface area (Å²) >= 11 is 1.50. The van der Waals surface area contributed by atoms with Gasteiger partial charge in [-0.1, -0.05) is 49.1 Å². The van der Waals surface area contributed by atoms with Gasteiger partial charge in [-0.3, -0.25) is 13.9 Å². The van der Waals surface area contributed by atoms with Gasteiger partial charge in [-0.25, -0.2) is 12.8 Å². The molecule has 0 radical (unpaired) electrons. The predicted octanol–water partition coefficient (Wildman–Crippen LogP) is 5.92. The van der Waals surface area contributed by atoms with Crippen LogP contribution in [0.1, 0.15) is 50.2 Å². The van der Waals surface area contributed by atoms with Crippen molar-refractivity contribution in [2.24, 2.45) is 0 Å². The Morgan fingerprint density at radius 3 is 2.17 bits per heavy atom. The molecule has 1 fully saturated rings. The predicted molar refractivity (Wildman–Crippen MR) is 165 cm³/mol. The Bertz CT molecular complexity index is 1460. The van der Waals surface area contributed by atoms with Gasteiger partial charge in [-0.2, -0.15) is 0 Å². The lowest BCUT2D eigenvalue weighted by Gasteiger charge is -2.33. The van der Waals surface area contributed by atoms with Crippen molar-refractivity contribution >= 4 is 39.3 Å². The van der Waals surface area contributed by atoms with Crippen molar-refractivity contribution in [2.45, 2.75) is 74.4 Å². The number of rotatable bonds is 11. The highest BCUT2D eigenvalue weighted by Crippen LogP contribution is 2.27. The molecule has 1 saturated carbocycles. The second-order valence-corrected chi connectivity index (χ2v) is 13.4. The molecule has 1 aliphatic rings. The highest BCUT2D eigenvalue weighted by atomic mass is 32.2. The molecule has 0 aliphatic heterocycles. The summed E-state index contributed by atoms with van der Waals surface area (Å²) in [6.45, 7) is 3.04. The van der Waals surface area contributed by atoms with Gasteiger partial charge in [-0.05, 0) is 87.0 Å². The summed E-state index contributed by atoms with van der Waals surface area (Å²) in [6.07, 6.45) is 6.90. The SMILES string of the molecule is CSc1ccc(S(=O)(=O)N(CC(=O)N(Cc2ccc(F)cc2)[C@H](C)C(=O)NC2CCCCC2)c2ccc(C)cc2)cc1. The van der Waals surface area contributed by atoms with Crippen molar-refractivity contribution in [2.75, 3.05) is 17.1 Å². The number of halogens is 1. The summed E-state index contributed by atoms with van der Waals surface area (Å²) in [5.41, 5.74) is 1.90. The standard InChI is InChI=1S/C32H38FN3O4S2/c1-23-9-15-28(16-10-23)36(42(39,40)30-19-17-29(41-3)18-20-30)22-31(37)35(21-25-11-13-26(33)14-12-25)24(2)32(38)34-27-7-5-4-6-8-27/h9-20,24,27H,4-8,21-22H2,1-3H3,(H,34,38)/t24-/m1/s1. The number of carbonyl (C=O) groups is 2. The van der Waals surface area contributed by atoms with Gasteiger partial charge in [0.15, 0.2) is 0 Å². The van der Waals surface area contributed by atoms with E-state index in [2.05, 4.69) is 5.32 Å². The van der Waals surface area contributed by atoms with Crippen LogP contribution < -0.4 is 9.62 Å². The summed E-state index contributed by atoms with van der Waals surface area (Å²) in [7, 11) is -4.14. The average Bonchev–Trinajstić information content (AvgIpc) is 3.00. The number of nitrogens with one attached hydrogen (secondary N) is 1. The lowest BCUT2D eigenvalue weighted by atomic mass is 9.95. The molecule has 0 spiro atoms. The van der Waals surface area contributed by atoms with Crippen molar-refractivity contribution in [3.8, 4) is 0 Å². The van der Waals surface area contributed by atoms with Gasteiger partial charge >= 0.3 is 0 Å². The van der Waals surface area contributed by atoms with Gasteiger partial charge in [0.25, 0.3) is 10.0 Å². The lowest BCUT2D eigenvalue weighted by Crippen LogP contribution is -2.53. The third-order valence-corrected chi connectivity index (χ3v) is 10.2. The second kappa shape index (κ2) is 14.2. The van der Waals surface area contributed by atoms with Crippen LogP contribution in [0.4, 0.5) is 10.1 Å². The van der Waals surface area contributed by atoms with Crippen molar-refractivity contribution in [1.29, 1.82) is 0 Å². The van der Waals surface area contributed by atoms with E-state index in [0.717, 1.165) is 46.9 Å². The van der Waals surface area contributed by atoms with Gasteiger partial charge in [0.2, 0.25) is 11.8 Å². The monoisotopic (exact) mass is 611 g/mol. The summed E-state index contributed by atoms with van der Waals surface area (Å²) in [6, 6.07) is 18.3. The maximum Gasteiger partial charge on any atom is 0.264 e. The maximum atomic E-state index is 14.0. The van der Waals surface area contributed by atoms with E-state index < -0.39 is 34.3 Å². The second-order valence-electron chi connectivity index (χ2n) is 10.7. The third-order valence-electron chi connectivity index (χ3n) is 7.63. The molecule has 4 rings (SSSR count). The molecule has 0 unspecified atom stereocenters. The van der Waals surface area contributed by atoms with Crippen LogP contribution in [0.15, 0.2) is 82.6 Å². The fourth-order valence-electron chi connectivity index (χ4n) is 5.05. The number of carbonyl (C=O) groups excluding carboxylic acids is 2. The molecule has 0 bridgehead atoms. The topological polar surface area (TPSA) is 86.8 Å². The molecule has 1 atom stereocenters. The van der Waals surface area contributed by atoms with Gasteiger partial charge in [0, 0.05) is 17.5 Å². The molecule has 1 N–H and O–H groups in total. The molecular weight excluding hydrogens is 574 g/mol. The highest BCUT2D eigenvalue weighted by Gasteiger charge is 2.33. The van der Waals surface area contributed by atoms with Crippen molar-refractivity contribution < 1.29 is 22.4 Å². The maximum absolute atomic E-state index is 14.0. The smallest absolute Gasteiger partial charge is 0.264 e. The largest absolute Gasteiger partial charge is 0.352 e. The Morgan fingerprint density at radius 1 is 0.952 bits per heavy atom. The summed E-state index contributed by atoms with van der Waals surface area (Å²) < 4.78 is 42.7. The van der Waals surface area contributed by atoms with E-state index in [1.807, 2.05) is 13.2 Å². The van der Waals surface area contributed by atoms with Crippen LogP contribution in [0.2, 0.25) is 0 Å². The van der Waals surface area contributed by atoms with Gasteiger partial charge in [-0.15, -0.1) is 11.8 Å². The van der Waals surface area contributed by atoms with E-state index in [0.29, 0.717) is 11.3 Å². The Balaban J connectivity index is 1.66. The van der Waals surface area contributed by atoms with E-state index in [1.54, 1.807) is 55.5 Å². The number of hydrogen-bond acceptors (Lipinski definition) is 5. The molecule has 0 heterocycles. The zero-order valence-electron chi connectivity index (χ0n) is 24.3. The van der Waals surface area contributed by atoms with E-state index in [9.17, 15) is 22.4 Å². The molecule has 7 nitrogen and oxygen atoms in total. The minimum Gasteiger partial charge on any atom is -0.352 e. The first kappa shape index (κ1) is 31.6. The molecule has 0 saturated heterocycles. The van der Waals surface area contributed by atoms with Gasteiger partial charge in [0.1, 0.15) is 18.4 Å². The van der Waals surface area contributed by atoms with Gasteiger partial charge < -0.3 is 10.2 Å². The molecule has 3 aromatic rings. The zero-order chi connectivity index (χ0) is 30.3. The Morgan fingerprint density at radius 2 is 1.57 bits per heavy atom. The van der Waals surface area contributed by atoms with E-state index in [1.165, 1.54) is 40.9 Å². The lowest BCUT2D eigenvalue weighted by molar-refractivity contribution is -0.139. The molecule has 10 heteroatoms. The normalized spacial score (nSPS) is 14.7. The average molecular weight is 612 g/mol. The Kier molecular flexibility index (Phi) is 10.7. The van der Waals surface area contributed by atoms with E-state index in [-0.39, 0.29) is 23.4 Å². The molecule has 0 aromatic heterocycles. The highest BCUT2D eigenvalue weighted by molar-refractivity contribution is 7.98. The van der Waals surface area contributed by atoms with Crippen LogP contribution in [0.25, 0.3) is 0 Å². The Labute approximate surface area is 252 Å². The summed E-state index contributed by atoms with van der Waals surface area (Å²) in [5.74, 6) is -1.26. The van der Waals surface area contributed by atoms with E-state index in [4.69, 9.17) is 0 Å². The molecular formula is C32H38FN3O4S2. The van der Waals surface area contributed by atoms with Gasteiger partial charge in [0.05, 0.1) is 10.6 Å². The minimum absolute atomic E-state index is 0.0164. The molecule has 224 valence electrons. The molecule has 1 aliphatic carbocycles. The fourth-order valence-corrected chi connectivity index (χ4v) is 6.87. The van der Waals surface area contributed by atoms with E-state index >= 15 is 0 Å². The first-order chi connectivity index (χ1) is 20.1. The number of sulfonamides is 1. The molecule has 2 amide bonds. The quantitative estimate of drug-likeness (QED) is 0.272. The first-order valence-electron chi connectivity index (χ1n) is 14.2. The number of hydrogen-bond donors (Lipinski definition) is 1. The third kappa shape index (κ3) is 7.92. The first-order valence-corrected chi connectivity index (χ1v) is 16.8. The number of aryl methyl sites for hydroxylation is 1.